The fourth-order valence-electron chi connectivity index (χ4n) is 5.11. The molecule has 0 saturated carbocycles. The van der Waals surface area contributed by atoms with Crippen molar-refractivity contribution < 1.29 is 23.7 Å². The molecule has 2 saturated heterocycles. The molecule has 5 rings (SSSR count). The van der Waals surface area contributed by atoms with Gasteiger partial charge in [0.2, 0.25) is 5.91 Å². The third-order valence-electron chi connectivity index (χ3n) is 6.79. The van der Waals surface area contributed by atoms with Crippen molar-refractivity contribution in [2.45, 2.75) is 31.4 Å². The van der Waals surface area contributed by atoms with E-state index in [9.17, 15) is 19.7 Å². The quantitative estimate of drug-likeness (QED) is 0.542. The highest BCUT2D eigenvalue weighted by Crippen LogP contribution is 2.38. The highest BCUT2D eigenvalue weighted by molar-refractivity contribution is 5.92. The summed E-state index contributed by atoms with van der Waals surface area (Å²) in [5, 5.41) is 14.3. The molecular weight excluding hydrogens is 428 g/mol. The maximum atomic E-state index is 13.3. The first-order valence-electron chi connectivity index (χ1n) is 11.3. The summed E-state index contributed by atoms with van der Waals surface area (Å²) in [4.78, 5) is 40.9. The molecule has 3 unspecified atom stereocenters. The van der Waals surface area contributed by atoms with Gasteiger partial charge < -0.3 is 24.3 Å². The van der Waals surface area contributed by atoms with Gasteiger partial charge in [-0.15, -0.1) is 0 Å². The topological polar surface area (TPSA) is 118 Å². The summed E-state index contributed by atoms with van der Waals surface area (Å²) in [5.74, 6) is -0.500. The summed E-state index contributed by atoms with van der Waals surface area (Å²) in [6.07, 6.45) is 3.76. The van der Waals surface area contributed by atoms with Gasteiger partial charge in [0.15, 0.2) is 5.76 Å². The molecular formula is C23H26N4O6. The van der Waals surface area contributed by atoms with E-state index in [-0.39, 0.29) is 35.4 Å². The molecule has 3 aliphatic rings. The molecule has 10 heteroatoms. The maximum Gasteiger partial charge on any atom is 0.289 e. The van der Waals surface area contributed by atoms with Gasteiger partial charge in [0.1, 0.15) is 0 Å². The van der Waals surface area contributed by atoms with Crippen LogP contribution in [0.25, 0.3) is 0 Å². The molecule has 1 aromatic carbocycles. The predicted molar refractivity (Wildman–Crippen MR) is 118 cm³/mol. The van der Waals surface area contributed by atoms with Gasteiger partial charge in [0.25, 0.3) is 11.6 Å². The fourth-order valence-corrected chi connectivity index (χ4v) is 5.11. The second kappa shape index (κ2) is 8.86. The van der Waals surface area contributed by atoms with Gasteiger partial charge in [-0.2, -0.15) is 0 Å². The van der Waals surface area contributed by atoms with Gasteiger partial charge in [-0.1, -0.05) is 0 Å². The lowest BCUT2D eigenvalue weighted by Crippen LogP contribution is -2.62. The first-order valence-corrected chi connectivity index (χ1v) is 11.3. The van der Waals surface area contributed by atoms with Crippen LogP contribution >= 0.6 is 0 Å². The standard InChI is InChI=1S/C23H26N4O6/c28-22(24-13-17-3-1-9-32-17)18-12-15-11-16(27(30)31)5-6-19(15)26-8-7-25(14-20(18)26)23(29)21-4-2-10-33-21/h2,4-6,10-11,17-18,20H,1,3,7-9,12-14H2,(H,24,28). The number of amides is 2. The van der Waals surface area contributed by atoms with Crippen molar-refractivity contribution >= 4 is 23.2 Å². The van der Waals surface area contributed by atoms with Crippen LogP contribution in [-0.4, -0.2) is 66.6 Å². The Bertz CT molecular complexity index is 1050. The Balaban J connectivity index is 1.40. The molecule has 4 heterocycles. The van der Waals surface area contributed by atoms with Gasteiger partial charge in [0.05, 0.1) is 29.3 Å². The summed E-state index contributed by atoms with van der Waals surface area (Å²) >= 11 is 0. The zero-order valence-electron chi connectivity index (χ0n) is 18.1. The van der Waals surface area contributed by atoms with Gasteiger partial charge >= 0.3 is 0 Å². The zero-order valence-corrected chi connectivity index (χ0v) is 18.1. The van der Waals surface area contributed by atoms with Crippen molar-refractivity contribution in [2.24, 2.45) is 5.92 Å². The summed E-state index contributed by atoms with van der Waals surface area (Å²) in [6, 6.07) is 7.88. The van der Waals surface area contributed by atoms with Crippen LogP contribution in [-0.2, 0) is 16.0 Å². The number of furan rings is 1. The van der Waals surface area contributed by atoms with Crippen LogP contribution in [0, 0.1) is 16.0 Å². The van der Waals surface area contributed by atoms with Crippen LogP contribution < -0.4 is 10.2 Å². The first-order chi connectivity index (χ1) is 16.0. The van der Waals surface area contributed by atoms with Crippen molar-refractivity contribution in [2.75, 3.05) is 37.7 Å². The lowest BCUT2D eigenvalue weighted by molar-refractivity contribution is -0.384. The van der Waals surface area contributed by atoms with Crippen LogP contribution in [0.15, 0.2) is 41.0 Å². The normalized spacial score (nSPS) is 24.2. The van der Waals surface area contributed by atoms with E-state index in [0.29, 0.717) is 39.2 Å². The molecule has 1 aromatic heterocycles. The molecule has 3 atom stereocenters. The van der Waals surface area contributed by atoms with Crippen LogP contribution in [0.3, 0.4) is 0 Å². The second-order valence-corrected chi connectivity index (χ2v) is 8.75. The number of carbonyl (C=O) groups is 2. The molecule has 2 aromatic rings. The van der Waals surface area contributed by atoms with Gasteiger partial charge in [-0.25, -0.2) is 0 Å². The van der Waals surface area contributed by atoms with Gasteiger partial charge in [-0.05, 0) is 43.0 Å². The summed E-state index contributed by atoms with van der Waals surface area (Å²) in [7, 11) is 0. The predicted octanol–water partition coefficient (Wildman–Crippen LogP) is 1.99. The molecule has 33 heavy (non-hydrogen) atoms. The number of ether oxygens (including phenoxy) is 1. The number of benzene rings is 1. The molecule has 10 nitrogen and oxygen atoms in total. The number of nitrogens with one attached hydrogen (secondary N) is 1. The number of hydrogen-bond acceptors (Lipinski definition) is 7. The van der Waals surface area contributed by atoms with Crippen molar-refractivity contribution in [3.8, 4) is 0 Å². The van der Waals surface area contributed by atoms with E-state index in [4.69, 9.17) is 9.15 Å². The van der Waals surface area contributed by atoms with E-state index in [2.05, 4.69) is 10.2 Å². The summed E-state index contributed by atoms with van der Waals surface area (Å²) in [6.45, 7) is 2.52. The van der Waals surface area contributed by atoms with Crippen LogP contribution in [0.1, 0.15) is 29.0 Å². The number of fused-ring (bicyclic) bond motifs is 3. The summed E-state index contributed by atoms with van der Waals surface area (Å²) in [5.41, 5.74) is 1.68. The number of anilines is 1. The molecule has 1 N–H and O–H groups in total. The first kappa shape index (κ1) is 21.4. The van der Waals surface area contributed by atoms with Crippen molar-refractivity contribution in [1.82, 2.24) is 10.2 Å². The molecule has 2 fully saturated rings. The molecule has 0 radical (unpaired) electrons. The number of nitro groups is 1. The average molecular weight is 454 g/mol. The fraction of sp³-hybridized carbons (Fsp3) is 0.478. The Morgan fingerprint density at radius 1 is 1.24 bits per heavy atom. The van der Waals surface area contributed by atoms with Gasteiger partial charge in [-0.3, -0.25) is 19.7 Å². The highest BCUT2D eigenvalue weighted by Gasteiger charge is 2.43. The second-order valence-electron chi connectivity index (χ2n) is 8.75. The molecule has 174 valence electrons. The Labute approximate surface area is 190 Å². The number of non-ortho nitro benzene ring substituents is 1. The summed E-state index contributed by atoms with van der Waals surface area (Å²) < 4.78 is 10.9. The lowest BCUT2D eigenvalue weighted by atomic mass is 9.83. The smallest absolute Gasteiger partial charge is 0.289 e. The number of nitrogens with zero attached hydrogens (tertiary/aromatic N) is 3. The number of piperazine rings is 1. The maximum absolute atomic E-state index is 13.3. The number of carbonyl (C=O) groups excluding carboxylic acids is 2. The SMILES string of the molecule is O=C(NCC1CCCO1)C1Cc2cc([N+](=O)[O-])ccc2N2CCN(C(=O)c3ccco3)CC12. The van der Waals surface area contributed by atoms with Gasteiger partial charge in [0, 0.05) is 50.6 Å². The van der Waals surface area contributed by atoms with Crippen molar-refractivity contribution in [1.29, 1.82) is 0 Å². The van der Waals surface area contributed by atoms with Crippen LogP contribution in [0.5, 0.6) is 0 Å². The lowest BCUT2D eigenvalue weighted by Gasteiger charge is -2.48. The minimum atomic E-state index is -0.451. The van der Waals surface area contributed by atoms with Crippen LogP contribution in [0.2, 0.25) is 0 Å². The Hall–Kier alpha value is -3.40. The number of rotatable bonds is 5. The van der Waals surface area contributed by atoms with E-state index >= 15 is 0 Å². The van der Waals surface area contributed by atoms with Crippen LogP contribution in [0.4, 0.5) is 11.4 Å². The Morgan fingerprint density at radius 2 is 2.12 bits per heavy atom. The van der Waals surface area contributed by atoms with E-state index in [1.54, 1.807) is 29.2 Å². The highest BCUT2D eigenvalue weighted by atomic mass is 16.6. The molecule has 0 aliphatic carbocycles. The Morgan fingerprint density at radius 3 is 2.85 bits per heavy atom. The number of hydrogen-bond donors (Lipinski definition) is 1. The van der Waals surface area contributed by atoms with E-state index in [0.717, 1.165) is 24.1 Å². The van der Waals surface area contributed by atoms with E-state index in [1.165, 1.54) is 12.3 Å². The zero-order chi connectivity index (χ0) is 22.9. The molecule has 0 bridgehead atoms. The largest absolute Gasteiger partial charge is 0.459 e. The average Bonchev–Trinajstić information content (AvgIpc) is 3.55. The van der Waals surface area contributed by atoms with Crippen molar-refractivity contribution in [3.05, 3.63) is 58.0 Å². The molecule has 2 amide bonds. The monoisotopic (exact) mass is 454 g/mol. The van der Waals surface area contributed by atoms with Crippen molar-refractivity contribution in [3.63, 3.8) is 0 Å². The minimum absolute atomic E-state index is 0.0114. The Kier molecular flexibility index (Phi) is 5.76. The third-order valence-corrected chi connectivity index (χ3v) is 6.79. The minimum Gasteiger partial charge on any atom is -0.459 e. The molecule has 0 spiro atoms. The van der Waals surface area contributed by atoms with E-state index < -0.39 is 10.8 Å². The third kappa shape index (κ3) is 4.18. The molecule has 3 aliphatic heterocycles. The van der Waals surface area contributed by atoms with E-state index in [1.807, 2.05) is 0 Å². The number of nitro benzene ring substituents is 1.